The van der Waals surface area contributed by atoms with E-state index in [-0.39, 0.29) is 65.8 Å². The fourth-order valence-electron chi connectivity index (χ4n) is 9.55. The molecule has 0 amide bonds. The summed E-state index contributed by atoms with van der Waals surface area (Å²) in [5.41, 5.74) is 10.5. The molecule has 0 saturated carbocycles. The number of ether oxygens (including phenoxy) is 1. The summed E-state index contributed by atoms with van der Waals surface area (Å²) in [6, 6.07) is 46.6. The van der Waals surface area contributed by atoms with Crippen molar-refractivity contribution in [2.75, 3.05) is 0 Å². The molecule has 0 N–H and O–H groups in total. The van der Waals surface area contributed by atoms with E-state index in [0.717, 1.165) is 66.6 Å². The molecule has 0 fully saturated rings. The molecule has 390 valence electrons. The van der Waals surface area contributed by atoms with E-state index in [4.69, 9.17) is 18.9 Å². The number of nitrogens with zero attached hydrogens (tertiary/aromatic N) is 5. The number of para-hydroxylation sites is 2. The first-order chi connectivity index (χ1) is 37.4. The number of pyridine rings is 1. The molecule has 0 aliphatic heterocycles. The zero-order valence-corrected chi connectivity index (χ0v) is 48.9. The second kappa shape index (κ2) is 19.9. The minimum atomic E-state index is -0.464. The van der Waals surface area contributed by atoms with E-state index in [1.807, 2.05) is 65.4 Å². The summed E-state index contributed by atoms with van der Waals surface area (Å²) >= 11 is 0. The van der Waals surface area contributed by atoms with Crippen LogP contribution in [0.3, 0.4) is 0 Å². The van der Waals surface area contributed by atoms with Gasteiger partial charge < -0.3 is 13.9 Å². The van der Waals surface area contributed by atoms with Gasteiger partial charge in [0.05, 0.1) is 12.5 Å². The van der Waals surface area contributed by atoms with E-state index in [2.05, 4.69) is 194 Å². The van der Waals surface area contributed by atoms with E-state index in [1.54, 1.807) is 4.68 Å². The van der Waals surface area contributed by atoms with Gasteiger partial charge in [-0.15, -0.1) is 34.8 Å². The predicted molar refractivity (Wildman–Crippen MR) is 310 cm³/mol. The Morgan fingerprint density at radius 2 is 1.07 bits per heavy atom. The van der Waals surface area contributed by atoms with Crippen molar-refractivity contribution in [1.29, 1.82) is 0 Å². The molecule has 0 unspecified atom stereocenters. The zero-order chi connectivity index (χ0) is 57.8. The van der Waals surface area contributed by atoms with Gasteiger partial charge in [0.15, 0.2) is 5.82 Å². The van der Waals surface area contributed by atoms with Crippen molar-refractivity contribution in [1.82, 2.24) is 19.2 Å². The van der Waals surface area contributed by atoms with Crippen molar-refractivity contribution in [3.05, 3.63) is 204 Å². The average Bonchev–Trinajstić information content (AvgIpc) is 4.26. The molecule has 0 bridgehead atoms. The van der Waals surface area contributed by atoms with Crippen LogP contribution in [0, 0.1) is 18.5 Å². The quantitative estimate of drug-likeness (QED) is 0.113. The Labute approximate surface area is 473 Å². The number of rotatable bonds is 8. The third-order valence-electron chi connectivity index (χ3n) is 14.1. The maximum Gasteiger partial charge on any atom is 0.272 e. The van der Waals surface area contributed by atoms with Crippen LogP contribution < -0.4 is 9.42 Å². The van der Waals surface area contributed by atoms with Crippen molar-refractivity contribution in [2.45, 2.75) is 131 Å². The topological polar surface area (TPSA) is 48.8 Å². The number of fused-ring (bicyclic) bond motifs is 3. The van der Waals surface area contributed by atoms with E-state index in [0.29, 0.717) is 34.3 Å². The maximum atomic E-state index is 9.35. The Bertz CT molecular complexity index is 3990. The molecule has 0 radical (unpaired) electrons. The van der Waals surface area contributed by atoms with Crippen LogP contribution in [0.5, 0.6) is 11.5 Å². The molecule has 10 rings (SSSR count). The fourth-order valence-corrected chi connectivity index (χ4v) is 9.55. The van der Waals surface area contributed by atoms with E-state index in [9.17, 15) is 2.74 Å². The van der Waals surface area contributed by atoms with Crippen LogP contribution in [0.25, 0.3) is 72.6 Å². The van der Waals surface area contributed by atoms with Crippen LogP contribution >= 0.6 is 0 Å². The Hall–Kier alpha value is -6.88. The van der Waals surface area contributed by atoms with Crippen LogP contribution in [0.4, 0.5) is 0 Å². The van der Waals surface area contributed by atoms with Crippen molar-refractivity contribution in [2.24, 2.45) is 0 Å². The summed E-state index contributed by atoms with van der Waals surface area (Å²) in [6.45, 7) is 33.1. The Morgan fingerprint density at radius 1 is 0.513 bits per heavy atom. The van der Waals surface area contributed by atoms with Gasteiger partial charge >= 0.3 is 0 Å². The van der Waals surface area contributed by atoms with Crippen molar-refractivity contribution < 1.29 is 37.3 Å². The number of hydrogen-bond acceptors (Lipinski definition) is 3. The van der Waals surface area contributed by atoms with Gasteiger partial charge in [-0.05, 0) is 101 Å². The van der Waals surface area contributed by atoms with Gasteiger partial charge in [0.2, 0.25) is 0 Å². The van der Waals surface area contributed by atoms with Gasteiger partial charge in [0.1, 0.15) is 5.82 Å². The summed E-state index contributed by atoms with van der Waals surface area (Å²) in [7, 11) is 0. The van der Waals surface area contributed by atoms with E-state index >= 15 is 0 Å². The van der Waals surface area contributed by atoms with Gasteiger partial charge in [0.25, 0.3) is 6.33 Å². The number of benzene rings is 7. The Morgan fingerprint density at radius 3 is 1.67 bits per heavy atom. The predicted octanol–water partition coefficient (Wildman–Crippen LogP) is 17.3. The third-order valence-corrected chi connectivity index (χ3v) is 14.1. The molecule has 0 aliphatic carbocycles. The smallest absolute Gasteiger partial charge is 0.272 e. The molecule has 3 heterocycles. The van der Waals surface area contributed by atoms with Gasteiger partial charge in [-0.25, -0.2) is 4.98 Å². The average molecular weight is 1190 g/mol. The summed E-state index contributed by atoms with van der Waals surface area (Å²) < 4.78 is 57.5. The molecular weight excluding hydrogens is 1110 g/mol. The van der Waals surface area contributed by atoms with Crippen LogP contribution in [-0.4, -0.2) is 19.2 Å². The van der Waals surface area contributed by atoms with E-state index in [1.165, 1.54) is 5.56 Å². The van der Waals surface area contributed by atoms with Crippen LogP contribution in [0.2, 0.25) is 0 Å². The van der Waals surface area contributed by atoms with Crippen LogP contribution in [0.1, 0.15) is 139 Å². The van der Waals surface area contributed by atoms with Crippen LogP contribution in [0.15, 0.2) is 158 Å². The fraction of sp³-hybridized carbons (Fsp3) is 0.290. The molecule has 10 aromatic rings. The molecule has 6 nitrogen and oxygen atoms in total. The van der Waals surface area contributed by atoms with Crippen LogP contribution in [-0.2, 0) is 48.1 Å². The first-order valence-corrected chi connectivity index (χ1v) is 26.0. The van der Waals surface area contributed by atoms with Gasteiger partial charge in [-0.3, -0.25) is 0 Å². The van der Waals surface area contributed by atoms with Gasteiger partial charge in [0, 0.05) is 49.8 Å². The molecule has 7 heteroatoms. The first kappa shape index (κ1) is 47.6. The molecule has 0 atom stereocenters. The molecule has 7 aromatic carbocycles. The van der Waals surface area contributed by atoms with Gasteiger partial charge in [-0.2, -0.15) is 22.9 Å². The van der Waals surface area contributed by atoms with Crippen molar-refractivity contribution >= 4 is 21.8 Å². The normalized spacial score (nSPS) is 13.5. The molecule has 0 saturated heterocycles. The maximum absolute atomic E-state index is 9.35. The molecule has 76 heavy (non-hydrogen) atoms. The summed E-state index contributed by atoms with van der Waals surface area (Å²) in [4.78, 5) is 4.88. The summed E-state index contributed by atoms with van der Waals surface area (Å²) in [5.74, 6) is 2.25. The minimum absolute atomic E-state index is 0. The van der Waals surface area contributed by atoms with E-state index < -0.39 is 18.1 Å². The third kappa shape index (κ3) is 10.8. The monoisotopic (exact) mass is 1190 g/mol. The summed E-state index contributed by atoms with van der Waals surface area (Å²) in [6.07, 6.45) is 5.52. The molecule has 0 spiro atoms. The Kier molecular flexibility index (Phi) is 12.5. The summed E-state index contributed by atoms with van der Waals surface area (Å²) in [5, 5.41) is 7.63. The zero-order valence-electron chi connectivity index (χ0n) is 51.6. The minimum Gasteiger partial charge on any atom is -0.510 e. The van der Waals surface area contributed by atoms with Gasteiger partial charge in [-0.1, -0.05) is 218 Å². The molecular formula is C69H71N5OPt-2. The SMILES string of the molecule is [2H]c1c([2H])c([2H])c(-c2cccc(-c3cc(C(C)(C)C)cc(C(C)(C)C)c3)c2-[n+]2[c-]n(-c3[c-]c(Oc4[c-]c5c(cc4)c4ccccc4n5-c4cc(C(C)(C)C)ccn4)ccc3)c(-c3cc(C(C)(C)C)cc(C(C)(C)C)c3)n2)c([2H])c1[2H].[Pt]. The second-order valence-electron chi connectivity index (χ2n) is 25.1. The standard InChI is InChI=1S/C69H71N5O.Pt/c1-65(2,3)48-33-34-70-62(41-48)74-60-30-20-19-27-58(60)59-32-31-55(43-61(59)74)75-54-26-21-25-53(42-54)72-44-73(71-64(72)47-37-51(68(10,11)12)40-52(38-47)69(13,14)15)63-56(45-23-17-16-18-24-45)28-22-29-57(63)46-35-49(66(4,5)6)39-50(36-46)67(7,8)9;/h16-41H,1-15H3;/q-2;/i16D,17D,18D,23D,24D;. The molecule has 3 aromatic heterocycles. The second-order valence-corrected chi connectivity index (χ2v) is 25.1. The number of hydrogen-bond donors (Lipinski definition) is 0. The first-order valence-electron chi connectivity index (χ1n) is 28.5. The Balaban J connectivity index is 0.00000792. The van der Waals surface area contributed by atoms with Crippen molar-refractivity contribution in [3.8, 4) is 62.3 Å². The number of aromatic nitrogens is 5. The molecule has 0 aliphatic rings. The largest absolute Gasteiger partial charge is 0.510 e. The van der Waals surface area contributed by atoms with Crippen molar-refractivity contribution in [3.63, 3.8) is 0 Å².